The molecule has 0 spiro atoms. The molecule has 2 aliphatic heterocycles. The van der Waals surface area contributed by atoms with Crippen molar-refractivity contribution in [3.8, 4) is 5.75 Å². The Balaban J connectivity index is 1.79. The maximum Gasteiger partial charge on any atom is 0.218 e. The molecule has 0 aromatic heterocycles. The molecule has 1 aromatic carbocycles. The minimum atomic E-state index is -2.71. The molecular formula is C13H17N2O3S2+. The van der Waals surface area contributed by atoms with E-state index in [4.69, 9.17) is 17.0 Å². The van der Waals surface area contributed by atoms with E-state index < -0.39 is 10.2 Å². The van der Waals surface area contributed by atoms with Gasteiger partial charge < -0.3 is 15.0 Å². The summed E-state index contributed by atoms with van der Waals surface area (Å²) in [6, 6.07) is 7.78. The molecule has 2 heterocycles. The number of benzene rings is 1. The number of nitrogens with zero attached hydrogens (tertiary/aromatic N) is 1. The zero-order valence-electron chi connectivity index (χ0n) is 11.1. The van der Waals surface area contributed by atoms with Crippen LogP contribution in [0.15, 0.2) is 24.3 Å². The normalized spacial score (nSPS) is 32.1. The second-order valence-electron chi connectivity index (χ2n) is 5.21. The van der Waals surface area contributed by atoms with E-state index in [2.05, 4.69) is 5.32 Å². The number of rotatable bonds is 3. The van der Waals surface area contributed by atoms with Gasteiger partial charge in [0.2, 0.25) is 10.2 Å². The summed E-state index contributed by atoms with van der Waals surface area (Å²) in [4.78, 5) is 2.01. The highest BCUT2D eigenvalue weighted by molar-refractivity contribution is 7.98. The van der Waals surface area contributed by atoms with Crippen LogP contribution in [0, 0.1) is 0 Å². The third-order valence-corrected chi connectivity index (χ3v) is 5.89. The Morgan fingerprint density at radius 2 is 2.35 bits per heavy atom. The minimum absolute atomic E-state index is 0.00574. The summed E-state index contributed by atoms with van der Waals surface area (Å²) in [7, 11) is -1.07. The fraction of sp³-hybridized carbons (Fsp3) is 0.462. The molecule has 2 N–H and O–H groups in total. The van der Waals surface area contributed by atoms with Crippen molar-refractivity contribution < 1.29 is 13.5 Å². The van der Waals surface area contributed by atoms with Gasteiger partial charge in [0.25, 0.3) is 0 Å². The standard InChI is InChI=1S/C13H16N2O3S2/c1-18-10-4-2-3-9(5-10)6-15-12-8-20(16,17)7-11(12)14-13(15)19/h2-5,11-12H,6-8H2,1H3,(H-,14,16,17,19)/p+1/t11-,12+/m1/s1. The number of methoxy groups -OCH3 is 1. The van der Waals surface area contributed by atoms with Gasteiger partial charge in [-0.15, -0.1) is 0 Å². The first kappa shape index (κ1) is 13.8. The van der Waals surface area contributed by atoms with Gasteiger partial charge in [-0.1, -0.05) is 16.3 Å². The molecule has 0 aliphatic carbocycles. The summed E-state index contributed by atoms with van der Waals surface area (Å²) in [5.41, 5.74) is 1.07. The van der Waals surface area contributed by atoms with Crippen molar-refractivity contribution in [2.75, 3.05) is 18.6 Å². The third kappa shape index (κ3) is 2.53. The Hall–Kier alpha value is -1.18. The average molecular weight is 313 g/mol. The summed E-state index contributed by atoms with van der Waals surface area (Å²) in [6.45, 7) is 0.625. The van der Waals surface area contributed by atoms with Crippen molar-refractivity contribution in [3.63, 3.8) is 0 Å². The van der Waals surface area contributed by atoms with Gasteiger partial charge in [0, 0.05) is 6.54 Å². The van der Waals surface area contributed by atoms with E-state index in [1.807, 2.05) is 29.2 Å². The molecular weight excluding hydrogens is 296 g/mol. The van der Waals surface area contributed by atoms with E-state index in [1.165, 1.54) is 0 Å². The lowest BCUT2D eigenvalue weighted by molar-refractivity contribution is 0.346. The van der Waals surface area contributed by atoms with Gasteiger partial charge >= 0.3 is 0 Å². The van der Waals surface area contributed by atoms with Crippen molar-refractivity contribution in [1.82, 2.24) is 10.2 Å². The van der Waals surface area contributed by atoms with E-state index in [0.717, 1.165) is 11.3 Å². The number of ether oxygens (including phenoxy) is 1. The molecule has 2 saturated heterocycles. The first-order chi connectivity index (χ1) is 9.48. The highest BCUT2D eigenvalue weighted by Gasteiger charge is 2.53. The highest BCUT2D eigenvalue weighted by atomic mass is 32.3. The molecule has 2 aliphatic rings. The van der Waals surface area contributed by atoms with Crippen LogP contribution in [0.25, 0.3) is 0 Å². The molecule has 7 heteroatoms. The maximum absolute atomic E-state index is 11.8. The number of thiocarbonyl (C=S) groups is 1. The lowest BCUT2D eigenvalue weighted by Gasteiger charge is -2.22. The molecule has 1 aromatic rings. The van der Waals surface area contributed by atoms with Crippen LogP contribution in [0.4, 0.5) is 0 Å². The zero-order chi connectivity index (χ0) is 14.3. The molecule has 0 radical (unpaired) electrons. The number of hydrogen-bond donors (Lipinski definition) is 2. The quantitative estimate of drug-likeness (QED) is 0.644. The molecule has 108 valence electrons. The minimum Gasteiger partial charge on any atom is -0.497 e. The molecule has 0 amide bonds. The Morgan fingerprint density at radius 3 is 3.10 bits per heavy atom. The summed E-state index contributed by atoms with van der Waals surface area (Å²) in [5.74, 6) is 1.37. The molecule has 1 unspecified atom stereocenters. The third-order valence-electron chi connectivity index (χ3n) is 3.79. The van der Waals surface area contributed by atoms with Gasteiger partial charge in [0.05, 0.1) is 7.11 Å². The van der Waals surface area contributed by atoms with E-state index in [9.17, 15) is 8.76 Å². The molecule has 20 heavy (non-hydrogen) atoms. The van der Waals surface area contributed by atoms with E-state index >= 15 is 0 Å². The average Bonchev–Trinajstić information content (AvgIpc) is 2.83. The Kier molecular flexibility index (Phi) is 3.43. The van der Waals surface area contributed by atoms with Crippen LogP contribution < -0.4 is 10.1 Å². The fourth-order valence-corrected chi connectivity index (χ4v) is 5.14. The largest absolute Gasteiger partial charge is 0.497 e. The predicted molar refractivity (Wildman–Crippen MR) is 82.3 cm³/mol. The second-order valence-corrected chi connectivity index (χ2v) is 7.81. The van der Waals surface area contributed by atoms with Gasteiger partial charge in [-0.3, -0.25) is 0 Å². The SMILES string of the molecule is COc1cccc(CN2C(=S)N[C@@H]3C[S+](=O)(O)C[C@@H]32)c1. The van der Waals surface area contributed by atoms with Crippen molar-refractivity contribution in [3.05, 3.63) is 29.8 Å². The van der Waals surface area contributed by atoms with Crippen LogP contribution in [0.3, 0.4) is 0 Å². The topological polar surface area (TPSA) is 61.8 Å². The van der Waals surface area contributed by atoms with E-state index in [0.29, 0.717) is 11.7 Å². The summed E-state index contributed by atoms with van der Waals surface area (Å²) in [5, 5.41) is 3.82. The first-order valence-electron chi connectivity index (χ1n) is 6.40. The van der Waals surface area contributed by atoms with Crippen LogP contribution >= 0.6 is 12.2 Å². The van der Waals surface area contributed by atoms with Crippen LogP contribution in [-0.4, -0.2) is 45.3 Å². The molecule has 3 rings (SSSR count). The Labute approximate surface area is 124 Å². The van der Waals surface area contributed by atoms with Gasteiger partial charge in [0.1, 0.15) is 17.8 Å². The maximum atomic E-state index is 11.8. The second kappa shape index (κ2) is 4.98. The van der Waals surface area contributed by atoms with Crippen molar-refractivity contribution in [2.24, 2.45) is 0 Å². The summed E-state index contributed by atoms with van der Waals surface area (Å²) in [6.07, 6.45) is 0. The van der Waals surface area contributed by atoms with Gasteiger partial charge in [0.15, 0.2) is 16.6 Å². The number of hydrogen-bond acceptors (Lipinski definition) is 3. The fourth-order valence-electron chi connectivity index (χ4n) is 2.84. The van der Waals surface area contributed by atoms with Crippen molar-refractivity contribution >= 4 is 27.5 Å². The number of nitrogens with one attached hydrogen (secondary N) is 1. The molecule has 2 fully saturated rings. The highest BCUT2D eigenvalue weighted by Crippen LogP contribution is 2.29. The summed E-state index contributed by atoms with van der Waals surface area (Å²) < 4.78 is 26.8. The van der Waals surface area contributed by atoms with Gasteiger partial charge in [-0.05, 0) is 29.9 Å². The molecule has 5 nitrogen and oxygen atoms in total. The lowest BCUT2D eigenvalue weighted by Crippen LogP contribution is -2.36. The van der Waals surface area contributed by atoms with Crippen LogP contribution in [-0.2, 0) is 21.0 Å². The Morgan fingerprint density at radius 1 is 1.55 bits per heavy atom. The van der Waals surface area contributed by atoms with E-state index in [1.54, 1.807) is 7.11 Å². The van der Waals surface area contributed by atoms with Gasteiger partial charge in [-0.25, -0.2) is 0 Å². The van der Waals surface area contributed by atoms with Crippen molar-refractivity contribution in [2.45, 2.75) is 18.6 Å². The Bertz CT molecular complexity index is 593. The molecule has 3 atom stereocenters. The lowest BCUT2D eigenvalue weighted by atomic mass is 10.1. The van der Waals surface area contributed by atoms with Crippen molar-refractivity contribution in [1.29, 1.82) is 0 Å². The number of fused-ring (bicyclic) bond motifs is 1. The van der Waals surface area contributed by atoms with E-state index in [-0.39, 0.29) is 23.6 Å². The summed E-state index contributed by atoms with van der Waals surface area (Å²) >= 11 is 5.34. The molecule has 0 bridgehead atoms. The van der Waals surface area contributed by atoms with Crippen LogP contribution in [0.2, 0.25) is 0 Å². The van der Waals surface area contributed by atoms with Crippen LogP contribution in [0.5, 0.6) is 5.75 Å². The smallest absolute Gasteiger partial charge is 0.218 e. The predicted octanol–water partition coefficient (Wildman–Crippen LogP) is 1.11. The molecule has 0 saturated carbocycles. The van der Waals surface area contributed by atoms with Gasteiger partial charge in [-0.2, -0.15) is 4.55 Å². The first-order valence-corrected chi connectivity index (χ1v) is 8.67. The van der Waals surface area contributed by atoms with Crippen LogP contribution in [0.1, 0.15) is 5.56 Å². The zero-order valence-corrected chi connectivity index (χ0v) is 12.7. The monoisotopic (exact) mass is 313 g/mol.